The zero-order chi connectivity index (χ0) is 8.43. The molecule has 1 radical (unpaired) electrons. The van der Waals surface area contributed by atoms with Gasteiger partial charge in [-0.2, -0.15) is 0 Å². The van der Waals surface area contributed by atoms with Gasteiger partial charge in [-0.1, -0.05) is 15.9 Å². The van der Waals surface area contributed by atoms with E-state index in [4.69, 9.17) is 0 Å². The lowest BCUT2D eigenvalue weighted by Crippen LogP contribution is -1.83. The van der Waals surface area contributed by atoms with Gasteiger partial charge in [-0.3, -0.25) is 0 Å². The van der Waals surface area contributed by atoms with Gasteiger partial charge in [0, 0.05) is 13.4 Å². The van der Waals surface area contributed by atoms with Crippen LogP contribution in [0.2, 0.25) is 0 Å². The molecular formula is C8H6Br3. The quantitative estimate of drug-likeness (QED) is 0.666. The largest absolute Gasteiger partial charge is 0.0505 e. The van der Waals surface area contributed by atoms with E-state index in [0.717, 1.165) is 19.8 Å². The van der Waals surface area contributed by atoms with Crippen molar-refractivity contribution in [3.63, 3.8) is 0 Å². The first-order chi connectivity index (χ1) is 5.15. The fraction of sp³-hybridized carbons (Fsp3) is 0.125. The summed E-state index contributed by atoms with van der Waals surface area (Å²) in [5.74, 6) is 0. The molecule has 0 aliphatic rings. The fourth-order valence-electron chi connectivity index (χ4n) is 0.755. The van der Waals surface area contributed by atoms with E-state index in [1.54, 1.807) is 0 Å². The maximum absolute atomic E-state index is 3.82. The highest BCUT2D eigenvalue weighted by Crippen LogP contribution is 2.29. The molecule has 0 aliphatic heterocycles. The van der Waals surface area contributed by atoms with Gasteiger partial charge in [-0.25, -0.2) is 0 Å². The van der Waals surface area contributed by atoms with E-state index in [0.29, 0.717) is 0 Å². The van der Waals surface area contributed by atoms with E-state index in [2.05, 4.69) is 60.8 Å². The maximum atomic E-state index is 3.82. The molecule has 0 aromatic heterocycles. The van der Waals surface area contributed by atoms with Crippen LogP contribution in [0.3, 0.4) is 0 Å². The molecule has 59 valence electrons. The Morgan fingerprint density at radius 3 is 2.09 bits per heavy atom. The van der Waals surface area contributed by atoms with Crippen molar-refractivity contribution in [2.24, 2.45) is 0 Å². The summed E-state index contributed by atoms with van der Waals surface area (Å²) in [6.07, 6.45) is 0.798. The van der Waals surface area contributed by atoms with Crippen LogP contribution in [0.1, 0.15) is 5.56 Å². The van der Waals surface area contributed by atoms with E-state index in [-0.39, 0.29) is 0 Å². The third-order valence-corrected chi connectivity index (χ3v) is 3.94. The van der Waals surface area contributed by atoms with Gasteiger partial charge in [0.05, 0.1) is 0 Å². The smallest absolute Gasteiger partial charge is 0.0328 e. The maximum Gasteiger partial charge on any atom is 0.0328 e. The van der Waals surface area contributed by atoms with Gasteiger partial charge in [0.2, 0.25) is 0 Å². The van der Waals surface area contributed by atoms with Crippen molar-refractivity contribution in [3.05, 3.63) is 38.0 Å². The van der Waals surface area contributed by atoms with Crippen molar-refractivity contribution < 1.29 is 0 Å². The van der Waals surface area contributed by atoms with Gasteiger partial charge in [-0.15, -0.1) is 0 Å². The molecule has 0 spiro atoms. The van der Waals surface area contributed by atoms with Crippen LogP contribution >= 0.6 is 47.8 Å². The van der Waals surface area contributed by atoms with Crippen molar-refractivity contribution in [1.29, 1.82) is 0 Å². The lowest BCUT2D eigenvalue weighted by molar-refractivity contribution is 1.24. The zero-order valence-corrected chi connectivity index (χ0v) is 10.5. The van der Waals surface area contributed by atoms with Crippen LogP contribution < -0.4 is 0 Å². The number of benzene rings is 1. The summed E-state index contributed by atoms with van der Waals surface area (Å²) in [6, 6.07) is 4.08. The van der Waals surface area contributed by atoms with Crippen LogP contribution in [0.15, 0.2) is 25.6 Å². The zero-order valence-electron chi connectivity index (χ0n) is 5.70. The van der Waals surface area contributed by atoms with Gasteiger partial charge in [0.1, 0.15) is 0 Å². The lowest BCUT2D eigenvalue weighted by Gasteiger charge is -2.03. The Bertz CT molecular complexity index is 268. The van der Waals surface area contributed by atoms with Crippen LogP contribution in [0, 0.1) is 6.92 Å². The Labute approximate surface area is 91.8 Å². The second-order valence-corrected chi connectivity index (χ2v) is 4.67. The Morgan fingerprint density at radius 2 is 1.55 bits per heavy atom. The monoisotopic (exact) mass is 339 g/mol. The third kappa shape index (κ3) is 2.30. The highest BCUT2D eigenvalue weighted by molar-refractivity contribution is 9.13. The fourth-order valence-corrected chi connectivity index (χ4v) is 2.34. The topological polar surface area (TPSA) is 0 Å². The van der Waals surface area contributed by atoms with Crippen LogP contribution in [0.25, 0.3) is 0 Å². The second-order valence-electron chi connectivity index (χ2n) is 2.11. The molecule has 3 heteroatoms. The Kier molecular flexibility index (Phi) is 3.59. The van der Waals surface area contributed by atoms with Gasteiger partial charge < -0.3 is 0 Å². The highest BCUT2D eigenvalue weighted by Gasteiger charge is 2.02. The van der Waals surface area contributed by atoms with Gasteiger partial charge in [0.25, 0.3) is 0 Å². The molecule has 1 aromatic rings. The molecule has 0 bridgehead atoms. The minimum atomic E-state index is 0.798. The van der Waals surface area contributed by atoms with Crippen LogP contribution in [0.4, 0.5) is 0 Å². The molecule has 0 saturated carbocycles. The second kappa shape index (κ2) is 4.06. The normalized spacial score (nSPS) is 10.2. The molecule has 0 saturated heterocycles. The molecule has 0 amide bonds. The SMILES string of the molecule is [CH2]Cc1cc(Br)c(Br)cc1Br. The van der Waals surface area contributed by atoms with Crippen LogP contribution in [0.5, 0.6) is 0 Å². The van der Waals surface area contributed by atoms with E-state index in [1.165, 1.54) is 5.56 Å². The summed E-state index contributed by atoms with van der Waals surface area (Å²) in [5.41, 5.74) is 1.21. The molecule has 0 unspecified atom stereocenters. The average molecular weight is 342 g/mol. The molecule has 0 heterocycles. The molecule has 1 rings (SSSR count). The third-order valence-electron chi connectivity index (χ3n) is 1.36. The predicted molar refractivity (Wildman–Crippen MR) is 58.6 cm³/mol. The minimum Gasteiger partial charge on any atom is -0.0505 e. The van der Waals surface area contributed by atoms with Gasteiger partial charge in [-0.05, 0) is 62.9 Å². The van der Waals surface area contributed by atoms with Crippen molar-refractivity contribution in [2.75, 3.05) is 0 Å². The molecule has 0 nitrogen and oxygen atoms in total. The molecule has 0 aliphatic carbocycles. The van der Waals surface area contributed by atoms with Crippen molar-refractivity contribution in [3.8, 4) is 0 Å². The standard InChI is InChI=1S/C8H6Br3/c1-2-5-3-7(10)8(11)4-6(5)9/h3-4H,1-2H2. The number of hydrogen-bond acceptors (Lipinski definition) is 0. The number of hydrogen-bond donors (Lipinski definition) is 0. The van der Waals surface area contributed by atoms with Crippen molar-refractivity contribution >= 4 is 47.8 Å². The average Bonchev–Trinajstić information content (AvgIpc) is 1.97. The summed E-state index contributed by atoms with van der Waals surface area (Å²) < 4.78 is 3.23. The van der Waals surface area contributed by atoms with Crippen molar-refractivity contribution in [1.82, 2.24) is 0 Å². The lowest BCUT2D eigenvalue weighted by atomic mass is 10.2. The molecule has 1 aromatic carbocycles. The van der Waals surface area contributed by atoms with E-state index in [9.17, 15) is 0 Å². The first-order valence-electron chi connectivity index (χ1n) is 3.08. The van der Waals surface area contributed by atoms with Gasteiger partial charge in [0.15, 0.2) is 0 Å². The molecule has 0 N–H and O–H groups in total. The highest BCUT2D eigenvalue weighted by atomic mass is 79.9. The van der Waals surface area contributed by atoms with Gasteiger partial charge >= 0.3 is 0 Å². The summed E-state index contributed by atoms with van der Waals surface area (Å²) in [4.78, 5) is 0. The summed E-state index contributed by atoms with van der Waals surface area (Å²) in [6.45, 7) is 3.82. The molecule has 11 heavy (non-hydrogen) atoms. The van der Waals surface area contributed by atoms with E-state index in [1.807, 2.05) is 6.07 Å². The Balaban J connectivity index is 3.21. The van der Waals surface area contributed by atoms with Crippen LogP contribution in [-0.2, 0) is 6.42 Å². The molecule has 0 fully saturated rings. The summed E-state index contributed by atoms with van der Waals surface area (Å²) in [7, 11) is 0. The minimum absolute atomic E-state index is 0.798. The van der Waals surface area contributed by atoms with Crippen LogP contribution in [-0.4, -0.2) is 0 Å². The number of rotatable bonds is 1. The molecular weight excluding hydrogens is 336 g/mol. The van der Waals surface area contributed by atoms with E-state index >= 15 is 0 Å². The Morgan fingerprint density at radius 1 is 1.00 bits per heavy atom. The number of halogens is 3. The predicted octanol–water partition coefficient (Wildman–Crippen LogP) is 4.35. The first-order valence-corrected chi connectivity index (χ1v) is 5.45. The summed E-state index contributed by atoms with van der Waals surface area (Å²) in [5, 5.41) is 0. The Hall–Kier alpha value is 0.660. The van der Waals surface area contributed by atoms with Crippen molar-refractivity contribution in [2.45, 2.75) is 6.42 Å². The molecule has 0 atom stereocenters. The summed E-state index contributed by atoms with van der Waals surface area (Å²) >= 11 is 10.3. The first kappa shape index (κ1) is 9.75. The van der Waals surface area contributed by atoms with E-state index < -0.39 is 0 Å².